The predicted octanol–water partition coefficient (Wildman–Crippen LogP) is 1.61. The van der Waals surface area contributed by atoms with Gasteiger partial charge in [0.25, 0.3) is 11.8 Å². The molecule has 7 heteroatoms. The van der Waals surface area contributed by atoms with Crippen LogP contribution in [0.3, 0.4) is 0 Å². The Kier molecular flexibility index (Phi) is 4.52. The van der Waals surface area contributed by atoms with Crippen molar-refractivity contribution >= 4 is 11.8 Å². The van der Waals surface area contributed by atoms with Crippen LogP contribution in [-0.2, 0) is 0 Å². The summed E-state index contributed by atoms with van der Waals surface area (Å²) in [7, 11) is 0. The number of carbonyl (C=O) groups excluding carboxylic acids is 2. The van der Waals surface area contributed by atoms with Crippen LogP contribution in [0.25, 0.3) is 11.4 Å². The highest BCUT2D eigenvalue weighted by Crippen LogP contribution is 2.12. The largest absolute Gasteiger partial charge is 0.288 e. The maximum absolute atomic E-state index is 12.0. The highest BCUT2D eigenvalue weighted by atomic mass is 16.2. The number of rotatable bonds is 3. The van der Waals surface area contributed by atoms with Gasteiger partial charge in [0.15, 0.2) is 5.82 Å². The normalized spacial score (nSPS) is 10.0. The summed E-state index contributed by atoms with van der Waals surface area (Å²) < 4.78 is 0. The molecule has 0 radical (unpaired) electrons. The van der Waals surface area contributed by atoms with Gasteiger partial charge in [-0.25, -0.2) is 9.97 Å². The van der Waals surface area contributed by atoms with Gasteiger partial charge in [-0.05, 0) is 12.1 Å². The van der Waals surface area contributed by atoms with Gasteiger partial charge < -0.3 is 0 Å². The standard InChI is InChI=1S/C17H13N5O2/c23-16(21-22-17(24)14-8-4-5-9-18-14)13-10-19-15(20-11-13)12-6-2-1-3-7-12/h1-11H,(H,21,23)(H,22,24). The first kappa shape index (κ1) is 15.3. The molecule has 1 aromatic carbocycles. The number of pyridine rings is 1. The summed E-state index contributed by atoms with van der Waals surface area (Å²) in [6.07, 6.45) is 4.29. The SMILES string of the molecule is O=C(NNC(=O)c1ccccn1)c1cnc(-c2ccccc2)nc1. The maximum Gasteiger partial charge on any atom is 0.288 e. The third kappa shape index (κ3) is 3.58. The fourth-order valence-corrected chi connectivity index (χ4v) is 1.93. The molecule has 2 heterocycles. The van der Waals surface area contributed by atoms with Crippen molar-refractivity contribution in [2.45, 2.75) is 0 Å². The molecule has 0 atom stereocenters. The van der Waals surface area contributed by atoms with Gasteiger partial charge in [-0.15, -0.1) is 0 Å². The minimum atomic E-state index is -0.515. The van der Waals surface area contributed by atoms with E-state index in [4.69, 9.17) is 0 Å². The maximum atomic E-state index is 12.0. The number of hydrogen-bond donors (Lipinski definition) is 2. The van der Waals surface area contributed by atoms with Crippen LogP contribution < -0.4 is 10.9 Å². The monoisotopic (exact) mass is 319 g/mol. The summed E-state index contributed by atoms with van der Waals surface area (Å²) in [6.45, 7) is 0. The average Bonchev–Trinajstić information content (AvgIpc) is 2.67. The molecule has 0 bridgehead atoms. The van der Waals surface area contributed by atoms with Crippen molar-refractivity contribution in [3.05, 3.63) is 78.4 Å². The number of benzene rings is 1. The van der Waals surface area contributed by atoms with E-state index in [-0.39, 0.29) is 11.3 Å². The summed E-state index contributed by atoms with van der Waals surface area (Å²) in [5.41, 5.74) is 5.87. The third-order valence-corrected chi connectivity index (χ3v) is 3.13. The van der Waals surface area contributed by atoms with Crippen molar-refractivity contribution in [1.82, 2.24) is 25.8 Å². The van der Waals surface area contributed by atoms with Crippen molar-refractivity contribution in [3.8, 4) is 11.4 Å². The number of nitrogens with one attached hydrogen (secondary N) is 2. The Morgan fingerprint density at radius 1 is 0.750 bits per heavy atom. The summed E-state index contributed by atoms with van der Waals surface area (Å²) >= 11 is 0. The molecule has 118 valence electrons. The van der Waals surface area contributed by atoms with Crippen LogP contribution in [0.4, 0.5) is 0 Å². The zero-order valence-corrected chi connectivity index (χ0v) is 12.5. The zero-order chi connectivity index (χ0) is 16.8. The van der Waals surface area contributed by atoms with Crippen LogP contribution >= 0.6 is 0 Å². The predicted molar refractivity (Wildman–Crippen MR) is 86.6 cm³/mol. The van der Waals surface area contributed by atoms with Gasteiger partial charge in [-0.2, -0.15) is 0 Å². The number of hydrogen-bond acceptors (Lipinski definition) is 5. The minimum absolute atomic E-state index is 0.202. The number of nitrogens with zero attached hydrogens (tertiary/aromatic N) is 3. The second-order valence-corrected chi connectivity index (χ2v) is 4.78. The molecule has 0 spiro atoms. The highest BCUT2D eigenvalue weighted by molar-refractivity contribution is 5.97. The molecule has 2 N–H and O–H groups in total. The van der Waals surface area contributed by atoms with Crippen LogP contribution in [-0.4, -0.2) is 26.8 Å². The fraction of sp³-hybridized carbons (Fsp3) is 0. The van der Waals surface area contributed by atoms with E-state index in [0.29, 0.717) is 5.82 Å². The lowest BCUT2D eigenvalue weighted by Gasteiger charge is -2.07. The van der Waals surface area contributed by atoms with E-state index in [1.807, 2.05) is 30.3 Å². The van der Waals surface area contributed by atoms with Crippen LogP contribution in [0.15, 0.2) is 67.1 Å². The van der Waals surface area contributed by atoms with Crippen molar-refractivity contribution in [1.29, 1.82) is 0 Å². The van der Waals surface area contributed by atoms with E-state index in [9.17, 15) is 9.59 Å². The van der Waals surface area contributed by atoms with Gasteiger partial charge in [-0.1, -0.05) is 36.4 Å². The minimum Gasteiger partial charge on any atom is -0.267 e. The van der Waals surface area contributed by atoms with Gasteiger partial charge in [-0.3, -0.25) is 25.4 Å². The van der Waals surface area contributed by atoms with E-state index in [1.54, 1.807) is 18.2 Å². The first-order valence-corrected chi connectivity index (χ1v) is 7.13. The van der Waals surface area contributed by atoms with E-state index < -0.39 is 11.8 Å². The molecule has 7 nitrogen and oxygen atoms in total. The van der Waals surface area contributed by atoms with E-state index >= 15 is 0 Å². The highest BCUT2D eigenvalue weighted by Gasteiger charge is 2.11. The van der Waals surface area contributed by atoms with Crippen molar-refractivity contribution < 1.29 is 9.59 Å². The Labute approximate surface area is 137 Å². The molecule has 3 rings (SSSR count). The van der Waals surface area contributed by atoms with E-state index in [1.165, 1.54) is 18.6 Å². The second-order valence-electron chi connectivity index (χ2n) is 4.78. The van der Waals surface area contributed by atoms with Gasteiger partial charge in [0.1, 0.15) is 5.69 Å². The summed E-state index contributed by atoms with van der Waals surface area (Å²) in [4.78, 5) is 36.0. The Hall–Kier alpha value is -3.61. The molecule has 2 aromatic heterocycles. The molecule has 24 heavy (non-hydrogen) atoms. The van der Waals surface area contributed by atoms with E-state index in [0.717, 1.165) is 5.56 Å². The lowest BCUT2D eigenvalue weighted by Crippen LogP contribution is -2.42. The molecule has 3 aromatic rings. The Balaban J connectivity index is 1.62. The quantitative estimate of drug-likeness (QED) is 0.715. The first-order chi connectivity index (χ1) is 11.7. The lowest BCUT2D eigenvalue weighted by atomic mass is 10.2. The number of amides is 2. The smallest absolute Gasteiger partial charge is 0.267 e. The van der Waals surface area contributed by atoms with Crippen LogP contribution in [0.5, 0.6) is 0 Å². The Bertz CT molecular complexity index is 836. The van der Waals surface area contributed by atoms with Gasteiger partial charge in [0.05, 0.1) is 5.56 Å². The molecule has 0 aliphatic rings. The average molecular weight is 319 g/mol. The van der Waals surface area contributed by atoms with Gasteiger partial charge in [0, 0.05) is 24.2 Å². The van der Waals surface area contributed by atoms with Crippen molar-refractivity contribution in [2.75, 3.05) is 0 Å². The van der Waals surface area contributed by atoms with Crippen molar-refractivity contribution in [3.63, 3.8) is 0 Å². The first-order valence-electron chi connectivity index (χ1n) is 7.13. The van der Waals surface area contributed by atoms with Crippen LogP contribution in [0, 0.1) is 0 Å². The molecule has 0 aliphatic carbocycles. The molecule has 0 saturated heterocycles. The Morgan fingerprint density at radius 2 is 1.42 bits per heavy atom. The summed E-state index contributed by atoms with van der Waals surface area (Å²) in [5, 5.41) is 0. The molecular formula is C17H13N5O2. The molecule has 2 amide bonds. The summed E-state index contributed by atoms with van der Waals surface area (Å²) in [5.74, 6) is -0.505. The molecule has 0 saturated carbocycles. The summed E-state index contributed by atoms with van der Waals surface area (Å²) in [6, 6.07) is 14.3. The van der Waals surface area contributed by atoms with E-state index in [2.05, 4.69) is 25.8 Å². The topological polar surface area (TPSA) is 96.9 Å². The molecule has 0 unspecified atom stereocenters. The second kappa shape index (κ2) is 7.10. The van der Waals surface area contributed by atoms with Crippen LogP contribution in [0.1, 0.15) is 20.8 Å². The molecule has 0 aliphatic heterocycles. The Morgan fingerprint density at radius 3 is 2.08 bits per heavy atom. The number of carbonyl (C=O) groups is 2. The van der Waals surface area contributed by atoms with Gasteiger partial charge in [0.2, 0.25) is 0 Å². The molecule has 0 fully saturated rings. The lowest BCUT2D eigenvalue weighted by molar-refractivity contribution is 0.0843. The fourth-order valence-electron chi connectivity index (χ4n) is 1.93. The van der Waals surface area contributed by atoms with Crippen LogP contribution in [0.2, 0.25) is 0 Å². The number of hydrazine groups is 1. The molecular weight excluding hydrogens is 306 g/mol. The van der Waals surface area contributed by atoms with Gasteiger partial charge >= 0.3 is 0 Å². The zero-order valence-electron chi connectivity index (χ0n) is 12.5. The number of aromatic nitrogens is 3. The third-order valence-electron chi connectivity index (χ3n) is 3.13. The van der Waals surface area contributed by atoms with Crippen molar-refractivity contribution in [2.24, 2.45) is 0 Å².